The highest BCUT2D eigenvalue weighted by Crippen LogP contribution is 2.37. The molecule has 6 heteroatoms. The van der Waals surface area contributed by atoms with Gasteiger partial charge in [-0.1, -0.05) is 18.5 Å². The maximum atomic E-state index is 10.8. The fourth-order valence-electron chi connectivity index (χ4n) is 2.19. The molecule has 1 saturated heterocycles. The molecule has 0 amide bonds. The Morgan fingerprint density at radius 1 is 1.56 bits per heavy atom. The van der Waals surface area contributed by atoms with E-state index in [0.29, 0.717) is 19.5 Å². The molecule has 0 aliphatic carbocycles. The SMILES string of the molecule is CCC1(O)CN(c2cc(Cl)c([N+](=O)[O-])cc2C)C1. The molecule has 18 heavy (non-hydrogen) atoms. The first-order chi connectivity index (χ1) is 8.36. The van der Waals surface area contributed by atoms with Gasteiger partial charge in [0.15, 0.2) is 0 Å². The standard InChI is InChI=1S/C12H15ClN2O3/c1-3-12(16)6-14(7-12)10-5-9(13)11(15(17)18)4-8(10)2/h4-5,16H,3,6-7H2,1-2H3. The largest absolute Gasteiger partial charge is 0.386 e. The van der Waals surface area contributed by atoms with Crippen molar-refractivity contribution in [1.29, 1.82) is 0 Å². The van der Waals surface area contributed by atoms with E-state index in [-0.39, 0.29) is 10.7 Å². The Morgan fingerprint density at radius 3 is 2.67 bits per heavy atom. The monoisotopic (exact) mass is 270 g/mol. The van der Waals surface area contributed by atoms with Crippen molar-refractivity contribution in [2.24, 2.45) is 0 Å². The first-order valence-electron chi connectivity index (χ1n) is 5.78. The summed E-state index contributed by atoms with van der Waals surface area (Å²) in [4.78, 5) is 12.2. The summed E-state index contributed by atoms with van der Waals surface area (Å²) < 4.78 is 0. The van der Waals surface area contributed by atoms with Crippen LogP contribution in [0.1, 0.15) is 18.9 Å². The van der Waals surface area contributed by atoms with E-state index in [1.54, 1.807) is 6.07 Å². The van der Waals surface area contributed by atoms with E-state index in [1.807, 2.05) is 18.7 Å². The van der Waals surface area contributed by atoms with E-state index >= 15 is 0 Å². The number of nitro benzene ring substituents is 1. The van der Waals surface area contributed by atoms with Gasteiger partial charge in [-0.2, -0.15) is 0 Å². The molecule has 0 unspecified atom stereocenters. The second kappa shape index (κ2) is 4.40. The third kappa shape index (κ3) is 2.15. The molecule has 0 bridgehead atoms. The molecule has 0 atom stereocenters. The zero-order chi connectivity index (χ0) is 13.5. The molecule has 1 heterocycles. The van der Waals surface area contributed by atoms with E-state index in [1.165, 1.54) is 6.07 Å². The van der Waals surface area contributed by atoms with Crippen LogP contribution in [0.25, 0.3) is 0 Å². The molecule has 1 aliphatic rings. The van der Waals surface area contributed by atoms with Gasteiger partial charge < -0.3 is 10.0 Å². The minimum atomic E-state index is -0.638. The number of halogens is 1. The van der Waals surface area contributed by atoms with Gasteiger partial charge in [0.25, 0.3) is 5.69 Å². The number of aryl methyl sites for hydroxylation is 1. The predicted molar refractivity (Wildman–Crippen MR) is 70.3 cm³/mol. The summed E-state index contributed by atoms with van der Waals surface area (Å²) >= 11 is 5.90. The Labute approximate surface area is 110 Å². The van der Waals surface area contributed by atoms with Gasteiger partial charge in [-0.25, -0.2) is 0 Å². The average molecular weight is 271 g/mol. The Bertz CT molecular complexity index is 498. The normalized spacial score (nSPS) is 17.4. The molecule has 1 N–H and O–H groups in total. The van der Waals surface area contributed by atoms with Crippen molar-refractivity contribution >= 4 is 23.0 Å². The molecular weight excluding hydrogens is 256 g/mol. The van der Waals surface area contributed by atoms with Crippen molar-refractivity contribution in [2.45, 2.75) is 25.9 Å². The van der Waals surface area contributed by atoms with Gasteiger partial charge in [0.1, 0.15) is 5.02 Å². The van der Waals surface area contributed by atoms with Crippen LogP contribution in [0.5, 0.6) is 0 Å². The van der Waals surface area contributed by atoms with Crippen LogP contribution >= 0.6 is 11.6 Å². The van der Waals surface area contributed by atoms with Crippen LogP contribution in [-0.2, 0) is 0 Å². The molecule has 5 nitrogen and oxygen atoms in total. The number of benzene rings is 1. The number of hydrogen-bond acceptors (Lipinski definition) is 4. The Kier molecular flexibility index (Phi) is 3.21. The second-order valence-corrected chi connectivity index (χ2v) is 5.19. The topological polar surface area (TPSA) is 66.6 Å². The Balaban J connectivity index is 2.26. The van der Waals surface area contributed by atoms with E-state index in [4.69, 9.17) is 11.6 Å². The second-order valence-electron chi connectivity index (χ2n) is 4.78. The number of nitro groups is 1. The maximum Gasteiger partial charge on any atom is 0.288 e. The molecule has 0 saturated carbocycles. The highest BCUT2D eigenvalue weighted by Gasteiger charge is 2.40. The van der Waals surface area contributed by atoms with Crippen LogP contribution < -0.4 is 4.90 Å². The lowest BCUT2D eigenvalue weighted by Gasteiger charge is -2.48. The maximum absolute atomic E-state index is 10.8. The summed E-state index contributed by atoms with van der Waals surface area (Å²) in [5, 5.41) is 20.9. The van der Waals surface area contributed by atoms with Crippen molar-refractivity contribution < 1.29 is 10.0 Å². The molecule has 0 spiro atoms. The predicted octanol–water partition coefficient (Wildman–Crippen LogP) is 2.52. The molecule has 0 radical (unpaired) electrons. The Morgan fingerprint density at radius 2 is 2.17 bits per heavy atom. The summed E-state index contributed by atoms with van der Waals surface area (Å²) in [5.74, 6) is 0. The van der Waals surface area contributed by atoms with Crippen LogP contribution in [0, 0.1) is 17.0 Å². The number of nitrogens with zero attached hydrogens (tertiary/aromatic N) is 2. The summed E-state index contributed by atoms with van der Waals surface area (Å²) in [7, 11) is 0. The summed E-state index contributed by atoms with van der Waals surface area (Å²) in [6.07, 6.45) is 0.698. The molecule has 98 valence electrons. The number of hydrogen-bond donors (Lipinski definition) is 1. The minimum Gasteiger partial charge on any atom is -0.386 e. The molecule has 0 aromatic heterocycles. The quantitative estimate of drug-likeness (QED) is 0.677. The molecule has 1 aliphatic heterocycles. The third-order valence-corrected chi connectivity index (χ3v) is 3.73. The van der Waals surface area contributed by atoms with E-state index in [0.717, 1.165) is 11.3 Å². The van der Waals surface area contributed by atoms with Crippen LogP contribution in [-0.4, -0.2) is 28.7 Å². The lowest BCUT2D eigenvalue weighted by atomic mass is 9.90. The van der Waals surface area contributed by atoms with Crippen molar-refractivity contribution in [3.05, 3.63) is 32.8 Å². The third-order valence-electron chi connectivity index (χ3n) is 3.43. The van der Waals surface area contributed by atoms with Crippen LogP contribution in [0.15, 0.2) is 12.1 Å². The van der Waals surface area contributed by atoms with Gasteiger partial charge in [-0.3, -0.25) is 10.1 Å². The first kappa shape index (κ1) is 13.1. The average Bonchev–Trinajstić information content (AvgIpc) is 2.27. The minimum absolute atomic E-state index is 0.0795. The lowest BCUT2D eigenvalue weighted by molar-refractivity contribution is -0.384. The summed E-state index contributed by atoms with van der Waals surface area (Å²) in [6.45, 7) is 4.83. The highest BCUT2D eigenvalue weighted by atomic mass is 35.5. The lowest BCUT2D eigenvalue weighted by Crippen LogP contribution is -2.61. The van der Waals surface area contributed by atoms with Crippen molar-refractivity contribution in [1.82, 2.24) is 0 Å². The zero-order valence-corrected chi connectivity index (χ0v) is 11.1. The summed E-state index contributed by atoms with van der Waals surface area (Å²) in [6, 6.07) is 3.07. The van der Waals surface area contributed by atoms with Gasteiger partial charge in [0.2, 0.25) is 0 Å². The van der Waals surface area contributed by atoms with Gasteiger partial charge in [-0.15, -0.1) is 0 Å². The fraction of sp³-hybridized carbons (Fsp3) is 0.500. The number of rotatable bonds is 3. The smallest absolute Gasteiger partial charge is 0.288 e. The van der Waals surface area contributed by atoms with Crippen LogP contribution in [0.3, 0.4) is 0 Å². The van der Waals surface area contributed by atoms with Gasteiger partial charge >= 0.3 is 0 Å². The molecular formula is C12H15ClN2O3. The molecule has 1 aromatic rings. The van der Waals surface area contributed by atoms with Gasteiger partial charge in [0.05, 0.1) is 10.5 Å². The van der Waals surface area contributed by atoms with E-state index in [9.17, 15) is 15.2 Å². The van der Waals surface area contributed by atoms with E-state index < -0.39 is 10.5 Å². The van der Waals surface area contributed by atoms with Gasteiger partial charge in [-0.05, 0) is 25.0 Å². The van der Waals surface area contributed by atoms with Crippen molar-refractivity contribution in [2.75, 3.05) is 18.0 Å². The summed E-state index contributed by atoms with van der Waals surface area (Å²) in [5.41, 5.74) is 0.929. The zero-order valence-electron chi connectivity index (χ0n) is 10.3. The molecule has 1 fully saturated rings. The first-order valence-corrected chi connectivity index (χ1v) is 6.16. The van der Waals surface area contributed by atoms with Crippen molar-refractivity contribution in [3.63, 3.8) is 0 Å². The highest BCUT2D eigenvalue weighted by molar-refractivity contribution is 6.33. The van der Waals surface area contributed by atoms with Crippen molar-refractivity contribution in [3.8, 4) is 0 Å². The fourth-order valence-corrected chi connectivity index (χ4v) is 2.42. The number of anilines is 1. The number of β-amino-alcohol motifs (C(OH)–C–C–N with tert-alkyl or cyclic N) is 1. The van der Waals surface area contributed by atoms with Gasteiger partial charge in [0, 0.05) is 24.8 Å². The van der Waals surface area contributed by atoms with E-state index in [2.05, 4.69) is 0 Å². The van der Waals surface area contributed by atoms with Crippen LogP contribution in [0.4, 0.5) is 11.4 Å². The molecule has 1 aromatic carbocycles. The van der Waals surface area contributed by atoms with Crippen LogP contribution in [0.2, 0.25) is 5.02 Å². The number of aliphatic hydroxyl groups is 1. The Hall–Kier alpha value is -1.33. The molecule has 2 rings (SSSR count).